The second-order valence-corrected chi connectivity index (χ2v) is 10.8. The second-order valence-electron chi connectivity index (χ2n) is 8.86. The van der Waals surface area contributed by atoms with Crippen LogP contribution < -0.4 is 10.2 Å². The van der Waals surface area contributed by atoms with Crippen LogP contribution in [-0.4, -0.2) is 44.8 Å². The number of nitrogens with one attached hydrogen (secondary N) is 1. The summed E-state index contributed by atoms with van der Waals surface area (Å²) in [6.07, 6.45) is 4.89. The zero-order valence-electron chi connectivity index (χ0n) is 18.7. The highest BCUT2D eigenvalue weighted by atomic mass is 32.2. The van der Waals surface area contributed by atoms with Crippen LogP contribution in [0.25, 0.3) is 0 Å². The van der Waals surface area contributed by atoms with E-state index in [1.165, 1.54) is 29.3 Å². The van der Waals surface area contributed by atoms with Crippen molar-refractivity contribution in [2.75, 3.05) is 31.1 Å². The maximum absolute atomic E-state index is 12.8. The van der Waals surface area contributed by atoms with E-state index < -0.39 is 10.0 Å². The summed E-state index contributed by atoms with van der Waals surface area (Å²) in [6, 6.07) is 16.9. The average Bonchev–Trinajstić information content (AvgIpc) is 2.85. The zero-order valence-corrected chi connectivity index (χ0v) is 19.6. The van der Waals surface area contributed by atoms with E-state index in [1.807, 2.05) is 6.92 Å². The van der Waals surface area contributed by atoms with E-state index in [2.05, 4.69) is 34.5 Å². The van der Waals surface area contributed by atoms with Crippen molar-refractivity contribution >= 4 is 21.6 Å². The van der Waals surface area contributed by atoms with Crippen LogP contribution in [0.3, 0.4) is 0 Å². The molecule has 172 valence electrons. The molecule has 32 heavy (non-hydrogen) atoms. The summed E-state index contributed by atoms with van der Waals surface area (Å²) in [5.41, 5.74) is 2.34. The Kier molecular flexibility index (Phi) is 7.16. The van der Waals surface area contributed by atoms with Crippen LogP contribution in [0.1, 0.15) is 50.6 Å². The summed E-state index contributed by atoms with van der Waals surface area (Å²) in [5.74, 6) is -0.151. The van der Waals surface area contributed by atoms with Gasteiger partial charge in [0.15, 0.2) is 0 Å². The van der Waals surface area contributed by atoms with Crippen molar-refractivity contribution in [1.82, 2.24) is 9.62 Å². The average molecular weight is 456 g/mol. The Balaban J connectivity index is 1.30. The lowest BCUT2D eigenvalue weighted by Gasteiger charge is -2.31. The number of nitrogens with zero attached hydrogens (tertiary/aromatic N) is 2. The van der Waals surface area contributed by atoms with Crippen molar-refractivity contribution in [2.45, 2.75) is 50.0 Å². The molecule has 2 aromatic carbocycles. The highest BCUT2D eigenvalue weighted by molar-refractivity contribution is 7.89. The minimum Gasteiger partial charge on any atom is -0.372 e. The molecular weight excluding hydrogens is 422 g/mol. The summed E-state index contributed by atoms with van der Waals surface area (Å²) >= 11 is 0. The van der Waals surface area contributed by atoms with Crippen molar-refractivity contribution < 1.29 is 13.2 Å². The number of hydrogen-bond acceptors (Lipinski definition) is 4. The third-order valence-electron chi connectivity index (χ3n) is 6.68. The normalized spacial score (nSPS) is 19.5. The van der Waals surface area contributed by atoms with Gasteiger partial charge in [-0.1, -0.05) is 30.3 Å². The van der Waals surface area contributed by atoms with Gasteiger partial charge in [-0.3, -0.25) is 4.79 Å². The molecule has 0 bridgehead atoms. The first-order valence-electron chi connectivity index (χ1n) is 11.7. The standard InChI is InChI=1S/C25H33N3O3S/c1-20(21-10-12-23(13-11-21)27-16-6-3-7-17-27)26-25(29)22-14-18-28(19-15-22)32(30,31)24-8-4-2-5-9-24/h2,4-5,8-13,20,22H,3,6-7,14-19H2,1H3,(H,26,29). The Morgan fingerprint density at radius 1 is 0.906 bits per heavy atom. The first-order chi connectivity index (χ1) is 15.4. The number of carbonyl (C=O) groups excluding carboxylic acids is 1. The smallest absolute Gasteiger partial charge is 0.243 e. The Bertz CT molecular complexity index is 994. The van der Waals surface area contributed by atoms with E-state index >= 15 is 0 Å². The Hall–Kier alpha value is -2.38. The van der Waals surface area contributed by atoms with Gasteiger partial charge in [-0.05, 0) is 68.9 Å². The number of piperidine rings is 2. The van der Waals surface area contributed by atoms with E-state index in [9.17, 15) is 13.2 Å². The van der Waals surface area contributed by atoms with Gasteiger partial charge in [0.05, 0.1) is 10.9 Å². The largest absolute Gasteiger partial charge is 0.372 e. The fourth-order valence-corrected chi connectivity index (χ4v) is 6.13. The minimum absolute atomic E-state index is 0.00867. The molecule has 2 aliphatic heterocycles. The summed E-state index contributed by atoms with van der Waals surface area (Å²) < 4.78 is 27.1. The molecule has 0 saturated carbocycles. The topological polar surface area (TPSA) is 69.7 Å². The predicted octanol–water partition coefficient (Wildman–Crippen LogP) is 3.96. The van der Waals surface area contributed by atoms with Crippen LogP contribution in [0.5, 0.6) is 0 Å². The van der Waals surface area contributed by atoms with Crippen LogP contribution >= 0.6 is 0 Å². The monoisotopic (exact) mass is 455 g/mol. The molecule has 2 aromatic rings. The van der Waals surface area contributed by atoms with E-state index in [4.69, 9.17) is 0 Å². The van der Waals surface area contributed by atoms with Gasteiger partial charge >= 0.3 is 0 Å². The molecule has 0 aromatic heterocycles. The number of sulfonamides is 1. The molecule has 7 heteroatoms. The van der Waals surface area contributed by atoms with Crippen molar-refractivity contribution in [3.05, 3.63) is 60.2 Å². The summed E-state index contributed by atoms with van der Waals surface area (Å²) in [6.45, 7) is 4.97. The number of rotatable bonds is 6. The van der Waals surface area contributed by atoms with Gasteiger partial charge in [-0.25, -0.2) is 8.42 Å². The molecule has 1 unspecified atom stereocenters. The molecule has 2 saturated heterocycles. The molecular formula is C25H33N3O3S. The summed E-state index contributed by atoms with van der Waals surface area (Å²) in [4.78, 5) is 15.6. The maximum Gasteiger partial charge on any atom is 0.243 e. The molecule has 2 heterocycles. The van der Waals surface area contributed by atoms with Gasteiger partial charge < -0.3 is 10.2 Å². The summed E-state index contributed by atoms with van der Waals surface area (Å²) in [7, 11) is -3.49. The first kappa shape index (κ1) is 22.8. The van der Waals surface area contributed by atoms with Gasteiger partial charge in [0.2, 0.25) is 15.9 Å². The van der Waals surface area contributed by atoms with Crippen molar-refractivity contribution in [1.29, 1.82) is 0 Å². The lowest BCUT2D eigenvalue weighted by Crippen LogP contribution is -2.43. The van der Waals surface area contributed by atoms with E-state index in [1.54, 1.807) is 30.3 Å². The van der Waals surface area contributed by atoms with Crippen LogP contribution in [0, 0.1) is 5.92 Å². The number of hydrogen-bond donors (Lipinski definition) is 1. The minimum atomic E-state index is -3.49. The molecule has 1 amide bonds. The fraction of sp³-hybridized carbons (Fsp3) is 0.480. The van der Waals surface area contributed by atoms with Crippen molar-refractivity contribution in [2.24, 2.45) is 5.92 Å². The third kappa shape index (κ3) is 5.15. The van der Waals surface area contributed by atoms with Gasteiger partial charge in [0.1, 0.15) is 0 Å². The number of amides is 1. The van der Waals surface area contributed by atoms with Crippen LogP contribution in [0.15, 0.2) is 59.5 Å². The highest BCUT2D eigenvalue weighted by Crippen LogP contribution is 2.26. The third-order valence-corrected chi connectivity index (χ3v) is 8.59. The lowest BCUT2D eigenvalue weighted by atomic mass is 9.96. The molecule has 2 fully saturated rings. The molecule has 0 spiro atoms. The van der Waals surface area contributed by atoms with E-state index in [0.717, 1.165) is 18.7 Å². The second kappa shape index (κ2) is 10.0. The molecule has 0 aliphatic carbocycles. The van der Waals surface area contributed by atoms with E-state index in [-0.39, 0.29) is 17.9 Å². The van der Waals surface area contributed by atoms with Crippen LogP contribution in [0.4, 0.5) is 5.69 Å². The molecule has 2 aliphatic rings. The SMILES string of the molecule is CC(NC(=O)C1CCN(S(=O)(=O)c2ccccc2)CC1)c1ccc(N2CCCCC2)cc1. The molecule has 6 nitrogen and oxygen atoms in total. The number of benzene rings is 2. The number of carbonyl (C=O) groups is 1. The fourth-order valence-electron chi connectivity index (χ4n) is 4.64. The quantitative estimate of drug-likeness (QED) is 0.716. The molecule has 1 N–H and O–H groups in total. The van der Waals surface area contributed by atoms with Gasteiger partial charge in [0, 0.05) is 37.8 Å². The lowest BCUT2D eigenvalue weighted by molar-refractivity contribution is -0.126. The van der Waals surface area contributed by atoms with Crippen molar-refractivity contribution in [3.63, 3.8) is 0 Å². The van der Waals surface area contributed by atoms with Crippen LogP contribution in [0.2, 0.25) is 0 Å². The van der Waals surface area contributed by atoms with E-state index in [0.29, 0.717) is 30.8 Å². The maximum atomic E-state index is 12.8. The van der Waals surface area contributed by atoms with Crippen molar-refractivity contribution in [3.8, 4) is 0 Å². The van der Waals surface area contributed by atoms with Gasteiger partial charge in [0.25, 0.3) is 0 Å². The first-order valence-corrected chi connectivity index (χ1v) is 13.1. The summed E-state index contributed by atoms with van der Waals surface area (Å²) in [5, 5.41) is 3.13. The Morgan fingerprint density at radius 3 is 2.16 bits per heavy atom. The zero-order chi connectivity index (χ0) is 22.6. The molecule has 0 radical (unpaired) electrons. The van der Waals surface area contributed by atoms with Gasteiger partial charge in [-0.2, -0.15) is 4.31 Å². The highest BCUT2D eigenvalue weighted by Gasteiger charge is 2.32. The Morgan fingerprint density at radius 2 is 1.53 bits per heavy atom. The van der Waals surface area contributed by atoms with Crippen LogP contribution in [-0.2, 0) is 14.8 Å². The Labute approximate surface area is 191 Å². The van der Waals surface area contributed by atoms with Gasteiger partial charge in [-0.15, -0.1) is 0 Å². The predicted molar refractivity (Wildman–Crippen MR) is 127 cm³/mol. The number of anilines is 1. The molecule has 1 atom stereocenters. The molecule has 4 rings (SSSR count).